The lowest BCUT2D eigenvalue weighted by Crippen LogP contribution is -2.19. The molecule has 2 heterocycles. The Morgan fingerprint density at radius 1 is 1.12 bits per heavy atom. The predicted molar refractivity (Wildman–Crippen MR) is 98.4 cm³/mol. The second kappa shape index (κ2) is 7.70. The van der Waals surface area contributed by atoms with Crippen molar-refractivity contribution >= 4 is 0 Å². The van der Waals surface area contributed by atoms with Gasteiger partial charge >= 0.3 is 0 Å². The summed E-state index contributed by atoms with van der Waals surface area (Å²) in [6, 6.07) is 18.7. The van der Waals surface area contributed by atoms with Crippen LogP contribution in [0, 0.1) is 5.82 Å². The van der Waals surface area contributed by atoms with Crippen molar-refractivity contribution in [1.82, 2.24) is 15.1 Å². The molecular formula is C21H22FN3O. The van der Waals surface area contributed by atoms with E-state index in [1.807, 2.05) is 0 Å². The molecule has 4 nitrogen and oxygen atoms in total. The molecule has 134 valence electrons. The Balaban J connectivity index is 1.31. The number of likely N-dealkylation sites (tertiary alicyclic amines) is 1. The number of nitrogens with zero attached hydrogens (tertiary/aromatic N) is 2. The number of benzene rings is 2. The summed E-state index contributed by atoms with van der Waals surface area (Å²) in [5.41, 5.74) is 3.38. The second-order valence-corrected chi connectivity index (χ2v) is 6.77. The van der Waals surface area contributed by atoms with Gasteiger partial charge < -0.3 is 4.74 Å². The van der Waals surface area contributed by atoms with Crippen LogP contribution in [0.1, 0.15) is 29.3 Å². The predicted octanol–water partition coefficient (Wildman–Crippen LogP) is 4.12. The minimum atomic E-state index is -0.262. The summed E-state index contributed by atoms with van der Waals surface area (Å²) in [7, 11) is 0. The van der Waals surface area contributed by atoms with Gasteiger partial charge in [-0.05, 0) is 48.9 Å². The summed E-state index contributed by atoms with van der Waals surface area (Å²) in [4.78, 5) is 2.48. The Morgan fingerprint density at radius 2 is 1.92 bits per heavy atom. The molecule has 0 spiro atoms. The Bertz CT molecular complexity index is 832. The van der Waals surface area contributed by atoms with Crippen LogP contribution in [0.15, 0.2) is 60.7 Å². The van der Waals surface area contributed by atoms with Gasteiger partial charge in [0, 0.05) is 19.0 Å². The highest BCUT2D eigenvalue weighted by atomic mass is 19.1. The molecule has 1 N–H and O–H groups in total. The number of hydrogen-bond acceptors (Lipinski definition) is 3. The van der Waals surface area contributed by atoms with Gasteiger partial charge in [0.25, 0.3) is 0 Å². The van der Waals surface area contributed by atoms with Crippen LogP contribution in [-0.2, 0) is 13.2 Å². The van der Waals surface area contributed by atoms with E-state index in [0.717, 1.165) is 37.4 Å². The van der Waals surface area contributed by atoms with Crippen LogP contribution in [0.5, 0.6) is 5.75 Å². The van der Waals surface area contributed by atoms with Crippen LogP contribution in [0.4, 0.5) is 4.39 Å². The van der Waals surface area contributed by atoms with E-state index in [1.165, 1.54) is 17.7 Å². The zero-order chi connectivity index (χ0) is 17.8. The number of nitrogens with one attached hydrogen (secondary N) is 1. The molecule has 5 heteroatoms. The lowest BCUT2D eigenvalue weighted by Gasteiger charge is -2.15. The quantitative estimate of drug-likeness (QED) is 0.726. The fourth-order valence-corrected chi connectivity index (χ4v) is 3.41. The van der Waals surface area contributed by atoms with Crippen LogP contribution < -0.4 is 4.74 Å². The largest absolute Gasteiger partial charge is 0.487 e. The van der Waals surface area contributed by atoms with Gasteiger partial charge in [0.1, 0.15) is 18.2 Å². The monoisotopic (exact) mass is 351 g/mol. The first-order chi connectivity index (χ1) is 12.8. The molecule has 0 unspecified atom stereocenters. The normalized spacial score (nSPS) is 17.5. The Kier molecular flexibility index (Phi) is 4.97. The highest BCUT2D eigenvalue weighted by Crippen LogP contribution is 2.27. The molecule has 0 radical (unpaired) electrons. The molecule has 26 heavy (non-hydrogen) atoms. The fourth-order valence-electron chi connectivity index (χ4n) is 3.41. The molecule has 1 fully saturated rings. The first kappa shape index (κ1) is 16.8. The van der Waals surface area contributed by atoms with E-state index >= 15 is 0 Å². The third kappa shape index (κ3) is 4.11. The molecule has 0 aliphatic carbocycles. The molecular weight excluding hydrogens is 329 g/mol. The van der Waals surface area contributed by atoms with Crippen LogP contribution in [0.2, 0.25) is 0 Å². The molecule has 4 rings (SSSR count). The van der Waals surface area contributed by atoms with Crippen LogP contribution in [0.3, 0.4) is 0 Å². The van der Waals surface area contributed by atoms with Crippen molar-refractivity contribution in [2.75, 3.05) is 13.1 Å². The Morgan fingerprint density at radius 3 is 2.73 bits per heavy atom. The Hall–Kier alpha value is -2.66. The van der Waals surface area contributed by atoms with Crippen molar-refractivity contribution in [3.8, 4) is 5.75 Å². The number of aromatic nitrogens is 2. The third-order valence-corrected chi connectivity index (χ3v) is 4.80. The van der Waals surface area contributed by atoms with Gasteiger partial charge in [-0.15, -0.1) is 0 Å². The molecule has 3 aromatic rings. The lowest BCUT2D eigenvalue weighted by molar-refractivity contribution is 0.300. The third-order valence-electron chi connectivity index (χ3n) is 4.80. The minimum absolute atomic E-state index is 0.262. The molecule has 1 aliphatic heterocycles. The standard InChI is InChI=1S/C21H22FN3O/c22-18-6-8-20(9-7-18)26-15-19-12-21(24-23-19)17-10-11-25(14-17)13-16-4-2-1-3-5-16/h1-9,12,17H,10-11,13-15H2,(H,23,24)/t17-/m0/s1. The molecule has 0 saturated carbocycles. The number of hydrogen-bond donors (Lipinski definition) is 1. The first-order valence-electron chi connectivity index (χ1n) is 8.95. The van der Waals surface area contributed by atoms with Crippen LogP contribution in [-0.4, -0.2) is 28.2 Å². The van der Waals surface area contributed by atoms with Crippen molar-refractivity contribution in [2.24, 2.45) is 0 Å². The maximum atomic E-state index is 12.9. The van der Waals surface area contributed by atoms with E-state index in [2.05, 4.69) is 51.5 Å². The number of ether oxygens (including phenoxy) is 1. The molecule has 1 aromatic heterocycles. The van der Waals surface area contributed by atoms with Crippen molar-refractivity contribution in [2.45, 2.75) is 25.5 Å². The van der Waals surface area contributed by atoms with Crippen molar-refractivity contribution in [3.63, 3.8) is 0 Å². The van der Waals surface area contributed by atoms with Gasteiger partial charge in [-0.3, -0.25) is 10.00 Å². The minimum Gasteiger partial charge on any atom is -0.487 e. The molecule has 0 amide bonds. The topological polar surface area (TPSA) is 41.1 Å². The zero-order valence-electron chi connectivity index (χ0n) is 14.6. The zero-order valence-corrected chi connectivity index (χ0v) is 14.6. The number of H-pyrrole nitrogens is 1. The summed E-state index contributed by atoms with van der Waals surface area (Å²) >= 11 is 0. The Labute approximate surface area is 152 Å². The summed E-state index contributed by atoms with van der Waals surface area (Å²) in [6.45, 7) is 3.51. The maximum absolute atomic E-state index is 12.9. The highest BCUT2D eigenvalue weighted by molar-refractivity contribution is 5.23. The first-order valence-corrected chi connectivity index (χ1v) is 8.95. The molecule has 0 bridgehead atoms. The highest BCUT2D eigenvalue weighted by Gasteiger charge is 2.25. The van der Waals surface area contributed by atoms with E-state index in [9.17, 15) is 4.39 Å². The van der Waals surface area contributed by atoms with E-state index in [4.69, 9.17) is 4.74 Å². The van der Waals surface area contributed by atoms with Gasteiger partial charge in [-0.2, -0.15) is 5.10 Å². The number of halogens is 1. The SMILES string of the molecule is Fc1ccc(OCc2cc([C@H]3CCN(Cc4ccccc4)C3)n[nH]2)cc1. The molecule has 1 atom stereocenters. The van der Waals surface area contributed by atoms with E-state index in [1.54, 1.807) is 12.1 Å². The van der Waals surface area contributed by atoms with E-state index in [0.29, 0.717) is 18.3 Å². The van der Waals surface area contributed by atoms with Gasteiger partial charge in [-0.1, -0.05) is 30.3 Å². The van der Waals surface area contributed by atoms with Gasteiger partial charge in [-0.25, -0.2) is 4.39 Å². The molecule has 1 aliphatic rings. The number of aromatic amines is 1. The van der Waals surface area contributed by atoms with E-state index in [-0.39, 0.29) is 5.82 Å². The lowest BCUT2D eigenvalue weighted by atomic mass is 10.1. The number of rotatable bonds is 6. The summed E-state index contributed by atoms with van der Waals surface area (Å²) < 4.78 is 18.6. The van der Waals surface area contributed by atoms with Crippen molar-refractivity contribution in [1.29, 1.82) is 0 Å². The summed E-state index contributed by atoms with van der Waals surface area (Å²) in [5.74, 6) is 0.842. The van der Waals surface area contributed by atoms with Gasteiger partial charge in [0.2, 0.25) is 0 Å². The fraction of sp³-hybridized carbons (Fsp3) is 0.286. The van der Waals surface area contributed by atoms with E-state index < -0.39 is 0 Å². The van der Waals surface area contributed by atoms with Crippen molar-refractivity contribution in [3.05, 3.63) is 83.4 Å². The second-order valence-electron chi connectivity index (χ2n) is 6.77. The van der Waals surface area contributed by atoms with Crippen LogP contribution in [0.25, 0.3) is 0 Å². The van der Waals surface area contributed by atoms with Crippen LogP contribution >= 0.6 is 0 Å². The smallest absolute Gasteiger partial charge is 0.130 e. The summed E-state index contributed by atoms with van der Waals surface area (Å²) in [5, 5.41) is 7.54. The maximum Gasteiger partial charge on any atom is 0.130 e. The van der Waals surface area contributed by atoms with Gasteiger partial charge in [0.05, 0.1) is 11.4 Å². The van der Waals surface area contributed by atoms with Crippen molar-refractivity contribution < 1.29 is 9.13 Å². The summed E-state index contributed by atoms with van der Waals surface area (Å²) in [6.07, 6.45) is 1.12. The average molecular weight is 351 g/mol. The molecule has 2 aromatic carbocycles. The average Bonchev–Trinajstić information content (AvgIpc) is 3.31. The molecule has 1 saturated heterocycles. The van der Waals surface area contributed by atoms with Gasteiger partial charge in [0.15, 0.2) is 0 Å².